The average Bonchev–Trinajstić information content (AvgIpc) is 3.18. The van der Waals surface area contributed by atoms with Crippen LogP contribution in [0.5, 0.6) is 0 Å². The smallest absolute Gasteiger partial charge is 0.317 e. The van der Waals surface area contributed by atoms with Crippen LogP contribution in [0.4, 0.5) is 11.4 Å². The Morgan fingerprint density at radius 1 is 1.37 bits per heavy atom. The Labute approximate surface area is 163 Å². The third-order valence-electron chi connectivity index (χ3n) is 4.00. The van der Waals surface area contributed by atoms with Gasteiger partial charge in [0.1, 0.15) is 6.20 Å². The number of aromatic amines is 1. The summed E-state index contributed by atoms with van der Waals surface area (Å²) < 4.78 is 1.68. The number of nitro groups is 1. The first-order chi connectivity index (χ1) is 12.8. The van der Waals surface area contributed by atoms with Gasteiger partial charge in [-0.1, -0.05) is 29.3 Å². The maximum atomic E-state index is 12.4. The van der Waals surface area contributed by atoms with Gasteiger partial charge >= 0.3 is 5.69 Å². The largest absolute Gasteiger partial charge is 0.319 e. The highest BCUT2D eigenvalue weighted by molar-refractivity contribution is 6.35. The van der Waals surface area contributed by atoms with Crippen LogP contribution in [-0.2, 0) is 6.54 Å². The molecule has 0 aliphatic rings. The Hall–Kier alpha value is -2.91. The first-order valence-electron chi connectivity index (χ1n) is 7.75. The number of nitrogens with one attached hydrogen (secondary N) is 2. The number of amides is 1. The van der Waals surface area contributed by atoms with Gasteiger partial charge < -0.3 is 5.32 Å². The average molecular weight is 409 g/mol. The molecule has 3 rings (SSSR count). The molecule has 2 heterocycles. The normalized spacial score (nSPS) is 10.8. The molecular formula is C16H14Cl2N6O3. The molecule has 11 heteroatoms. The van der Waals surface area contributed by atoms with E-state index in [1.54, 1.807) is 36.7 Å². The van der Waals surface area contributed by atoms with Gasteiger partial charge in [0, 0.05) is 10.0 Å². The summed E-state index contributed by atoms with van der Waals surface area (Å²) in [5, 5.41) is 25.0. The Morgan fingerprint density at radius 3 is 2.78 bits per heavy atom. The molecule has 2 N–H and O–H groups in total. The molecule has 3 aromatic rings. The summed E-state index contributed by atoms with van der Waals surface area (Å²) in [7, 11) is 0. The Kier molecular flexibility index (Phi) is 5.15. The molecule has 0 saturated heterocycles. The Morgan fingerprint density at radius 2 is 2.11 bits per heavy atom. The van der Waals surface area contributed by atoms with Gasteiger partial charge in [0.15, 0.2) is 0 Å². The van der Waals surface area contributed by atoms with Gasteiger partial charge in [-0.3, -0.25) is 24.7 Å². The fourth-order valence-electron chi connectivity index (χ4n) is 2.60. The zero-order valence-corrected chi connectivity index (χ0v) is 15.8. The number of carbonyl (C=O) groups is 1. The van der Waals surface area contributed by atoms with E-state index in [1.807, 2.05) is 0 Å². The lowest BCUT2D eigenvalue weighted by Gasteiger charge is -2.08. The number of benzene rings is 1. The molecular weight excluding hydrogens is 395 g/mol. The predicted molar refractivity (Wildman–Crippen MR) is 100 cm³/mol. The van der Waals surface area contributed by atoms with E-state index < -0.39 is 16.5 Å². The van der Waals surface area contributed by atoms with E-state index in [-0.39, 0.29) is 5.69 Å². The summed E-state index contributed by atoms with van der Waals surface area (Å²) in [6.45, 7) is 3.88. The number of nitrogens with zero attached hydrogens (tertiary/aromatic N) is 4. The Balaban J connectivity index is 1.86. The number of aryl methyl sites for hydroxylation is 1. The molecule has 0 saturated carbocycles. The van der Waals surface area contributed by atoms with Crippen LogP contribution >= 0.6 is 23.2 Å². The molecule has 140 valence electrons. The summed E-state index contributed by atoms with van der Waals surface area (Å²) in [5.74, 6) is -0.672. The predicted octanol–water partition coefficient (Wildman–Crippen LogP) is 3.74. The van der Waals surface area contributed by atoms with Crippen molar-refractivity contribution in [3.05, 3.63) is 67.2 Å². The van der Waals surface area contributed by atoms with Crippen molar-refractivity contribution in [1.82, 2.24) is 20.0 Å². The van der Waals surface area contributed by atoms with Crippen molar-refractivity contribution in [1.29, 1.82) is 0 Å². The molecule has 0 bridgehead atoms. The van der Waals surface area contributed by atoms with E-state index in [4.69, 9.17) is 23.2 Å². The van der Waals surface area contributed by atoms with Crippen molar-refractivity contribution in [2.24, 2.45) is 0 Å². The lowest BCUT2D eigenvalue weighted by atomic mass is 10.2. The maximum absolute atomic E-state index is 12.4. The number of hydrogen-bond acceptors (Lipinski definition) is 5. The minimum absolute atomic E-state index is 0.229. The lowest BCUT2D eigenvalue weighted by Crippen LogP contribution is -2.15. The van der Waals surface area contributed by atoms with Crippen LogP contribution in [0, 0.1) is 24.0 Å². The molecule has 0 atom stereocenters. The standard InChI is InChI=1S/C16H14Cl2N6O3/c1-8-14(20-16(25)15-13(24(26)27)6-19-21-15)9(2)23(22-8)7-10-3-4-11(17)5-12(10)18/h3-6H,7H2,1-2H3,(H,19,21)(H,20,25). The van der Waals surface area contributed by atoms with E-state index in [0.29, 0.717) is 33.7 Å². The summed E-state index contributed by atoms with van der Waals surface area (Å²) in [6, 6.07) is 5.17. The number of rotatable bonds is 5. The highest BCUT2D eigenvalue weighted by Gasteiger charge is 2.24. The Bertz CT molecular complexity index is 1040. The van der Waals surface area contributed by atoms with E-state index in [1.165, 1.54) is 0 Å². The van der Waals surface area contributed by atoms with Gasteiger partial charge in [0.25, 0.3) is 5.91 Å². The van der Waals surface area contributed by atoms with Crippen molar-refractivity contribution in [3.63, 3.8) is 0 Å². The minimum Gasteiger partial charge on any atom is -0.317 e. The van der Waals surface area contributed by atoms with Crippen molar-refractivity contribution in [3.8, 4) is 0 Å². The molecule has 0 fully saturated rings. The molecule has 0 aliphatic carbocycles. The van der Waals surface area contributed by atoms with E-state index in [0.717, 1.165) is 11.8 Å². The van der Waals surface area contributed by atoms with Gasteiger partial charge in [-0.15, -0.1) is 0 Å². The van der Waals surface area contributed by atoms with Crippen LogP contribution in [0.25, 0.3) is 0 Å². The second-order valence-electron chi connectivity index (χ2n) is 5.78. The van der Waals surface area contributed by atoms with Crippen LogP contribution < -0.4 is 5.32 Å². The van der Waals surface area contributed by atoms with E-state index in [9.17, 15) is 14.9 Å². The third kappa shape index (κ3) is 3.79. The third-order valence-corrected chi connectivity index (χ3v) is 4.59. The van der Waals surface area contributed by atoms with Crippen LogP contribution in [0.2, 0.25) is 10.0 Å². The monoisotopic (exact) mass is 408 g/mol. The fraction of sp³-hybridized carbons (Fsp3) is 0.188. The molecule has 27 heavy (non-hydrogen) atoms. The number of anilines is 1. The molecule has 9 nitrogen and oxygen atoms in total. The van der Waals surface area contributed by atoms with Crippen LogP contribution in [0.3, 0.4) is 0 Å². The van der Waals surface area contributed by atoms with Crippen LogP contribution in [0.15, 0.2) is 24.4 Å². The molecule has 0 spiro atoms. The highest BCUT2D eigenvalue weighted by Crippen LogP contribution is 2.26. The maximum Gasteiger partial charge on any atom is 0.319 e. The zero-order chi connectivity index (χ0) is 19.7. The molecule has 0 unspecified atom stereocenters. The first kappa shape index (κ1) is 18.9. The van der Waals surface area contributed by atoms with Crippen molar-refractivity contribution in [2.45, 2.75) is 20.4 Å². The fourth-order valence-corrected chi connectivity index (χ4v) is 3.07. The van der Waals surface area contributed by atoms with Crippen molar-refractivity contribution >= 4 is 40.5 Å². The second kappa shape index (κ2) is 7.37. The van der Waals surface area contributed by atoms with Gasteiger partial charge in [-0.2, -0.15) is 10.2 Å². The molecule has 1 aromatic carbocycles. The van der Waals surface area contributed by atoms with Gasteiger partial charge in [-0.05, 0) is 31.5 Å². The first-order valence-corrected chi connectivity index (χ1v) is 8.50. The summed E-state index contributed by atoms with van der Waals surface area (Å²) >= 11 is 12.1. The molecule has 0 aliphatic heterocycles. The molecule has 0 radical (unpaired) electrons. The number of carbonyl (C=O) groups excluding carboxylic acids is 1. The van der Waals surface area contributed by atoms with Crippen LogP contribution in [0.1, 0.15) is 27.4 Å². The van der Waals surface area contributed by atoms with E-state index >= 15 is 0 Å². The summed E-state index contributed by atoms with van der Waals surface area (Å²) in [4.78, 5) is 22.7. The summed E-state index contributed by atoms with van der Waals surface area (Å²) in [6.07, 6.45) is 0.987. The topological polar surface area (TPSA) is 119 Å². The molecule has 2 aromatic heterocycles. The van der Waals surface area contributed by atoms with Gasteiger partial charge in [-0.25, -0.2) is 0 Å². The summed E-state index contributed by atoms with van der Waals surface area (Å²) in [5.41, 5.74) is 1.89. The number of H-pyrrole nitrogens is 1. The lowest BCUT2D eigenvalue weighted by molar-refractivity contribution is -0.385. The van der Waals surface area contributed by atoms with Crippen LogP contribution in [-0.4, -0.2) is 30.8 Å². The van der Waals surface area contributed by atoms with Crippen molar-refractivity contribution in [2.75, 3.05) is 5.32 Å². The van der Waals surface area contributed by atoms with E-state index in [2.05, 4.69) is 20.6 Å². The minimum atomic E-state index is -0.677. The number of aromatic nitrogens is 4. The highest BCUT2D eigenvalue weighted by atomic mass is 35.5. The quantitative estimate of drug-likeness (QED) is 0.492. The number of halogens is 2. The number of hydrogen-bond donors (Lipinski definition) is 2. The zero-order valence-electron chi connectivity index (χ0n) is 14.3. The van der Waals surface area contributed by atoms with Gasteiger partial charge in [0.2, 0.25) is 5.69 Å². The van der Waals surface area contributed by atoms with Crippen molar-refractivity contribution < 1.29 is 9.72 Å². The second-order valence-corrected chi connectivity index (χ2v) is 6.62. The molecule has 1 amide bonds. The van der Waals surface area contributed by atoms with Gasteiger partial charge in [0.05, 0.1) is 28.5 Å². The SMILES string of the molecule is Cc1nn(Cc2ccc(Cl)cc2Cl)c(C)c1NC(=O)c1[nH]ncc1[N+](=O)[O-].